The summed E-state index contributed by atoms with van der Waals surface area (Å²) in [5, 5.41) is 15.5. The number of halogens is 4. The van der Waals surface area contributed by atoms with Crippen LogP contribution in [0.5, 0.6) is 23.0 Å². The zero-order valence-corrected chi connectivity index (χ0v) is 20.3. The standard InChI is InChI=1S/C26H22ClF3N2O4/c1-32-25(26(28,29)30)23(16-6-11-21(34-2)22(12-16)35-3)24(31-32)19-10-9-18(13-20(19)33)36-14-15-4-7-17(27)8-5-15/h4-13,33H,14H2,1-3H3. The van der Waals surface area contributed by atoms with Gasteiger partial charge in [-0.3, -0.25) is 4.68 Å². The summed E-state index contributed by atoms with van der Waals surface area (Å²) in [7, 11) is 4.03. The molecule has 1 N–H and O–H groups in total. The van der Waals surface area contributed by atoms with Gasteiger partial charge >= 0.3 is 6.18 Å². The van der Waals surface area contributed by atoms with Crippen molar-refractivity contribution in [2.45, 2.75) is 12.8 Å². The highest BCUT2D eigenvalue weighted by Crippen LogP contribution is 2.46. The second kappa shape index (κ2) is 10.0. The summed E-state index contributed by atoms with van der Waals surface area (Å²) in [6, 6.07) is 15.9. The lowest BCUT2D eigenvalue weighted by molar-refractivity contribution is -0.143. The normalized spacial score (nSPS) is 11.4. The number of rotatable bonds is 7. The van der Waals surface area contributed by atoms with E-state index in [1.54, 1.807) is 30.3 Å². The van der Waals surface area contributed by atoms with Crippen LogP contribution in [-0.4, -0.2) is 29.1 Å². The Bertz CT molecular complexity index is 1390. The van der Waals surface area contributed by atoms with Crippen molar-refractivity contribution in [3.8, 4) is 45.4 Å². The van der Waals surface area contributed by atoms with Crippen LogP contribution in [0.25, 0.3) is 22.4 Å². The number of aromatic hydroxyl groups is 1. The molecule has 0 saturated heterocycles. The smallest absolute Gasteiger partial charge is 0.433 e. The van der Waals surface area contributed by atoms with E-state index in [1.165, 1.54) is 51.6 Å². The Kier molecular flexibility index (Phi) is 7.03. The molecule has 0 atom stereocenters. The van der Waals surface area contributed by atoms with Gasteiger partial charge in [-0.2, -0.15) is 18.3 Å². The maximum absolute atomic E-state index is 14.1. The second-order valence-electron chi connectivity index (χ2n) is 7.86. The SMILES string of the molecule is COc1ccc(-c2c(-c3ccc(OCc4ccc(Cl)cc4)cc3O)nn(C)c2C(F)(F)F)cc1OC. The zero-order chi connectivity index (χ0) is 26.0. The fraction of sp³-hybridized carbons (Fsp3) is 0.192. The Balaban J connectivity index is 1.76. The van der Waals surface area contributed by atoms with Crippen LogP contribution < -0.4 is 14.2 Å². The van der Waals surface area contributed by atoms with Gasteiger partial charge in [0.15, 0.2) is 17.2 Å². The fourth-order valence-electron chi connectivity index (χ4n) is 3.85. The van der Waals surface area contributed by atoms with E-state index in [9.17, 15) is 18.3 Å². The summed E-state index contributed by atoms with van der Waals surface area (Å²) < 4.78 is 59.2. The average Bonchev–Trinajstić information content (AvgIpc) is 3.20. The van der Waals surface area contributed by atoms with Gasteiger partial charge in [0.1, 0.15) is 23.8 Å². The van der Waals surface area contributed by atoms with E-state index in [4.69, 9.17) is 25.8 Å². The second-order valence-corrected chi connectivity index (χ2v) is 8.29. The third-order valence-electron chi connectivity index (χ3n) is 5.53. The van der Waals surface area contributed by atoms with Crippen LogP contribution in [0.1, 0.15) is 11.3 Å². The van der Waals surface area contributed by atoms with Crippen LogP contribution in [-0.2, 0) is 19.8 Å². The topological polar surface area (TPSA) is 65.7 Å². The third-order valence-corrected chi connectivity index (χ3v) is 5.78. The van der Waals surface area contributed by atoms with Crippen molar-refractivity contribution in [3.05, 3.63) is 76.9 Å². The molecule has 1 aromatic heterocycles. The van der Waals surface area contributed by atoms with Crippen LogP contribution in [0.15, 0.2) is 60.7 Å². The molecule has 10 heteroatoms. The van der Waals surface area contributed by atoms with Crippen molar-refractivity contribution in [1.29, 1.82) is 0 Å². The highest BCUT2D eigenvalue weighted by Gasteiger charge is 2.40. The van der Waals surface area contributed by atoms with Gasteiger partial charge in [-0.15, -0.1) is 0 Å². The van der Waals surface area contributed by atoms with Crippen molar-refractivity contribution in [2.75, 3.05) is 14.2 Å². The number of benzene rings is 3. The number of alkyl halides is 3. The van der Waals surface area contributed by atoms with Crippen molar-refractivity contribution in [3.63, 3.8) is 0 Å². The number of hydrogen-bond acceptors (Lipinski definition) is 5. The van der Waals surface area contributed by atoms with Gasteiger partial charge < -0.3 is 19.3 Å². The molecular formula is C26H22ClF3N2O4. The predicted octanol–water partition coefficient (Wildman–Crippen LogP) is 6.73. The molecule has 0 aliphatic carbocycles. The highest BCUT2D eigenvalue weighted by atomic mass is 35.5. The van der Waals surface area contributed by atoms with Crippen molar-refractivity contribution >= 4 is 11.6 Å². The van der Waals surface area contributed by atoms with Crippen LogP contribution in [0.3, 0.4) is 0 Å². The number of phenolic OH excluding ortho intramolecular Hbond substituents is 1. The number of aryl methyl sites for hydroxylation is 1. The molecule has 0 unspecified atom stereocenters. The average molecular weight is 519 g/mol. The van der Waals surface area contributed by atoms with E-state index in [2.05, 4.69) is 5.10 Å². The van der Waals surface area contributed by atoms with Crippen LogP contribution >= 0.6 is 11.6 Å². The van der Waals surface area contributed by atoms with Crippen LogP contribution in [0.2, 0.25) is 5.02 Å². The van der Waals surface area contributed by atoms with Gasteiger partial charge in [0, 0.05) is 29.3 Å². The molecule has 0 radical (unpaired) electrons. The number of nitrogens with zero attached hydrogens (tertiary/aromatic N) is 2. The zero-order valence-electron chi connectivity index (χ0n) is 19.6. The van der Waals surface area contributed by atoms with Gasteiger partial charge in [0.25, 0.3) is 0 Å². The summed E-state index contributed by atoms with van der Waals surface area (Å²) in [6.07, 6.45) is -4.71. The summed E-state index contributed by atoms with van der Waals surface area (Å²) in [5.74, 6) is 0.682. The van der Waals surface area contributed by atoms with E-state index >= 15 is 0 Å². The Morgan fingerprint density at radius 2 is 1.64 bits per heavy atom. The molecule has 1 heterocycles. The Morgan fingerprint density at radius 3 is 2.25 bits per heavy atom. The minimum absolute atomic E-state index is 0.0428. The lowest BCUT2D eigenvalue weighted by Crippen LogP contribution is -2.13. The predicted molar refractivity (Wildman–Crippen MR) is 130 cm³/mol. The maximum atomic E-state index is 14.1. The number of aromatic nitrogens is 2. The van der Waals surface area contributed by atoms with E-state index in [0.717, 1.165) is 10.2 Å². The lowest BCUT2D eigenvalue weighted by Gasteiger charge is -2.14. The number of methoxy groups -OCH3 is 2. The Labute approximate surface area is 210 Å². The molecule has 4 aromatic rings. The molecule has 0 aliphatic heterocycles. The van der Waals surface area contributed by atoms with Gasteiger partial charge in [-0.05, 0) is 47.5 Å². The van der Waals surface area contributed by atoms with Crippen molar-refractivity contribution in [1.82, 2.24) is 9.78 Å². The number of phenols is 1. The molecule has 3 aromatic carbocycles. The molecule has 0 fully saturated rings. The fourth-order valence-corrected chi connectivity index (χ4v) is 3.98. The van der Waals surface area contributed by atoms with Gasteiger partial charge in [-0.1, -0.05) is 29.8 Å². The molecule has 0 saturated carbocycles. The van der Waals surface area contributed by atoms with E-state index in [-0.39, 0.29) is 40.5 Å². The van der Waals surface area contributed by atoms with Gasteiger partial charge in [0.05, 0.1) is 14.2 Å². The highest BCUT2D eigenvalue weighted by molar-refractivity contribution is 6.30. The molecule has 0 bridgehead atoms. The third kappa shape index (κ3) is 5.06. The summed E-state index contributed by atoms with van der Waals surface area (Å²) >= 11 is 5.89. The molecule has 4 rings (SSSR count). The molecule has 0 amide bonds. The summed E-state index contributed by atoms with van der Waals surface area (Å²) in [6.45, 7) is 0.217. The van der Waals surface area contributed by atoms with E-state index in [1.807, 2.05) is 0 Å². The van der Waals surface area contributed by atoms with Crippen molar-refractivity contribution in [2.24, 2.45) is 7.05 Å². The first-order valence-corrected chi connectivity index (χ1v) is 11.1. The molecule has 0 aliphatic rings. The Morgan fingerprint density at radius 1 is 0.944 bits per heavy atom. The van der Waals surface area contributed by atoms with E-state index in [0.29, 0.717) is 16.5 Å². The van der Waals surface area contributed by atoms with Gasteiger partial charge in [0.2, 0.25) is 0 Å². The lowest BCUT2D eigenvalue weighted by atomic mass is 9.97. The number of hydrogen-bond donors (Lipinski definition) is 1. The van der Waals surface area contributed by atoms with Gasteiger partial charge in [-0.25, -0.2) is 0 Å². The summed E-state index contributed by atoms with van der Waals surface area (Å²) in [4.78, 5) is 0. The first-order chi connectivity index (χ1) is 17.1. The summed E-state index contributed by atoms with van der Waals surface area (Å²) in [5.41, 5.74) is -0.0319. The molecular weight excluding hydrogens is 497 g/mol. The van der Waals surface area contributed by atoms with Crippen molar-refractivity contribution < 1.29 is 32.5 Å². The quantitative estimate of drug-likeness (QED) is 0.294. The largest absolute Gasteiger partial charge is 0.507 e. The molecule has 36 heavy (non-hydrogen) atoms. The first-order valence-electron chi connectivity index (χ1n) is 10.7. The van der Waals surface area contributed by atoms with E-state index < -0.39 is 11.9 Å². The van der Waals surface area contributed by atoms with Crippen LogP contribution in [0, 0.1) is 0 Å². The minimum Gasteiger partial charge on any atom is -0.507 e. The molecule has 6 nitrogen and oxygen atoms in total. The minimum atomic E-state index is -4.71. The first kappa shape index (κ1) is 25.2. The molecule has 188 valence electrons. The monoisotopic (exact) mass is 518 g/mol. The Hall–Kier alpha value is -3.85. The number of ether oxygens (including phenoxy) is 3. The van der Waals surface area contributed by atoms with Crippen LogP contribution in [0.4, 0.5) is 13.2 Å². The molecule has 0 spiro atoms. The maximum Gasteiger partial charge on any atom is 0.433 e.